The van der Waals surface area contributed by atoms with Gasteiger partial charge in [0.25, 0.3) is 0 Å². The summed E-state index contributed by atoms with van der Waals surface area (Å²) >= 11 is 1.80. The molecule has 1 aromatic heterocycles. The number of benzene rings is 1. The van der Waals surface area contributed by atoms with Gasteiger partial charge < -0.3 is 10.1 Å². The summed E-state index contributed by atoms with van der Waals surface area (Å²) in [5.41, 5.74) is 1.34. The van der Waals surface area contributed by atoms with Crippen LogP contribution in [0, 0.1) is 6.92 Å². The molecule has 0 radical (unpaired) electrons. The van der Waals surface area contributed by atoms with E-state index in [1.807, 2.05) is 0 Å². The Morgan fingerprint density at radius 1 is 1.44 bits per heavy atom. The largest absolute Gasteiger partial charge is 0.489 e. The Bertz CT molecular complexity index is 500. The first-order valence-corrected chi connectivity index (χ1v) is 6.56. The average molecular weight is 233 g/mol. The van der Waals surface area contributed by atoms with Gasteiger partial charge in [-0.05, 0) is 54.4 Å². The molecule has 0 saturated carbocycles. The van der Waals surface area contributed by atoms with Gasteiger partial charge in [0, 0.05) is 11.2 Å². The number of rotatable bonds is 2. The van der Waals surface area contributed by atoms with Gasteiger partial charge in [-0.2, -0.15) is 0 Å². The van der Waals surface area contributed by atoms with Crippen LogP contribution in [0.3, 0.4) is 0 Å². The molecule has 3 rings (SSSR count). The smallest absolute Gasteiger partial charge is 0.120 e. The molecule has 2 heterocycles. The molecule has 1 atom stereocenters. The third kappa shape index (κ3) is 1.81. The summed E-state index contributed by atoms with van der Waals surface area (Å²) in [6.07, 6.45) is 1.46. The predicted molar refractivity (Wildman–Crippen MR) is 68.5 cm³/mol. The van der Waals surface area contributed by atoms with E-state index in [1.54, 1.807) is 11.3 Å². The van der Waals surface area contributed by atoms with Gasteiger partial charge in [0.15, 0.2) is 0 Å². The molecule has 0 aliphatic carbocycles. The molecule has 1 aliphatic heterocycles. The third-order valence-electron chi connectivity index (χ3n) is 3.06. The van der Waals surface area contributed by atoms with Crippen LogP contribution < -0.4 is 10.1 Å². The van der Waals surface area contributed by atoms with Crippen molar-refractivity contribution in [1.29, 1.82) is 0 Å². The normalized spacial score (nSPS) is 20.4. The lowest BCUT2D eigenvalue weighted by Gasteiger charge is -2.12. The number of hydrogen-bond donors (Lipinski definition) is 1. The zero-order valence-corrected chi connectivity index (χ0v) is 10.1. The topological polar surface area (TPSA) is 21.3 Å². The SMILES string of the molecule is Cc1csc2ccc(OC3CCNC3)cc12. The monoisotopic (exact) mass is 233 g/mol. The second kappa shape index (κ2) is 4.07. The summed E-state index contributed by atoms with van der Waals surface area (Å²) in [6, 6.07) is 6.40. The predicted octanol–water partition coefficient (Wildman–Crippen LogP) is 2.95. The molecular weight excluding hydrogens is 218 g/mol. The number of thiophene rings is 1. The zero-order valence-electron chi connectivity index (χ0n) is 9.32. The molecular formula is C13H15NOS. The van der Waals surface area contributed by atoms with Gasteiger partial charge in [-0.1, -0.05) is 0 Å². The Morgan fingerprint density at radius 2 is 2.38 bits per heavy atom. The van der Waals surface area contributed by atoms with Crippen molar-refractivity contribution in [1.82, 2.24) is 5.32 Å². The summed E-state index contributed by atoms with van der Waals surface area (Å²) in [5.74, 6) is 1.00. The van der Waals surface area contributed by atoms with Crippen molar-refractivity contribution in [2.45, 2.75) is 19.4 Å². The molecule has 16 heavy (non-hydrogen) atoms. The summed E-state index contributed by atoms with van der Waals surface area (Å²) in [5, 5.41) is 6.84. The number of fused-ring (bicyclic) bond motifs is 1. The summed E-state index contributed by atoms with van der Waals surface area (Å²) in [7, 11) is 0. The minimum Gasteiger partial charge on any atom is -0.489 e. The first-order chi connectivity index (χ1) is 7.83. The number of ether oxygens (including phenoxy) is 1. The molecule has 0 amide bonds. The van der Waals surface area contributed by atoms with Gasteiger partial charge in [-0.25, -0.2) is 0 Å². The first-order valence-electron chi connectivity index (χ1n) is 5.68. The maximum absolute atomic E-state index is 5.95. The fraction of sp³-hybridized carbons (Fsp3) is 0.385. The molecule has 1 N–H and O–H groups in total. The van der Waals surface area contributed by atoms with Gasteiger partial charge in [-0.3, -0.25) is 0 Å². The van der Waals surface area contributed by atoms with Crippen LogP contribution in [0.15, 0.2) is 23.6 Å². The Kier molecular flexibility index (Phi) is 2.58. The molecule has 0 spiro atoms. The molecule has 1 aliphatic rings. The molecule has 84 valence electrons. The van der Waals surface area contributed by atoms with Crippen molar-refractivity contribution in [2.24, 2.45) is 0 Å². The quantitative estimate of drug-likeness (QED) is 0.861. The Hall–Kier alpha value is -1.06. The van der Waals surface area contributed by atoms with E-state index in [4.69, 9.17) is 4.74 Å². The third-order valence-corrected chi connectivity index (χ3v) is 4.14. The first kappa shape index (κ1) is 10.1. The van der Waals surface area contributed by atoms with Gasteiger partial charge in [0.2, 0.25) is 0 Å². The molecule has 1 unspecified atom stereocenters. The number of hydrogen-bond acceptors (Lipinski definition) is 3. The molecule has 1 aromatic carbocycles. The Balaban J connectivity index is 1.88. The highest BCUT2D eigenvalue weighted by Gasteiger charge is 2.16. The van der Waals surface area contributed by atoms with Crippen LogP contribution in [0.25, 0.3) is 10.1 Å². The van der Waals surface area contributed by atoms with Crippen LogP contribution in [0.4, 0.5) is 0 Å². The van der Waals surface area contributed by atoms with Crippen LogP contribution in [0.2, 0.25) is 0 Å². The van der Waals surface area contributed by atoms with E-state index < -0.39 is 0 Å². The maximum Gasteiger partial charge on any atom is 0.120 e. The van der Waals surface area contributed by atoms with Crippen LogP contribution in [-0.2, 0) is 0 Å². The fourth-order valence-corrected chi connectivity index (χ4v) is 3.05. The van der Waals surface area contributed by atoms with E-state index in [1.165, 1.54) is 15.6 Å². The number of nitrogens with one attached hydrogen (secondary N) is 1. The molecule has 1 fully saturated rings. The summed E-state index contributed by atoms with van der Waals surface area (Å²) in [6.45, 7) is 4.20. The van der Waals surface area contributed by atoms with E-state index in [9.17, 15) is 0 Å². The van der Waals surface area contributed by atoms with E-state index in [2.05, 4.69) is 35.8 Å². The standard InChI is InChI=1S/C13H15NOS/c1-9-8-16-13-3-2-10(6-12(9)13)15-11-4-5-14-7-11/h2-3,6,8,11,14H,4-5,7H2,1H3. The minimum absolute atomic E-state index is 0.344. The highest BCUT2D eigenvalue weighted by molar-refractivity contribution is 7.17. The summed E-state index contributed by atoms with van der Waals surface area (Å²) in [4.78, 5) is 0. The van der Waals surface area contributed by atoms with E-state index in [-0.39, 0.29) is 0 Å². The summed E-state index contributed by atoms with van der Waals surface area (Å²) < 4.78 is 7.29. The highest BCUT2D eigenvalue weighted by atomic mass is 32.1. The van der Waals surface area contributed by atoms with Crippen LogP contribution in [0.5, 0.6) is 5.75 Å². The maximum atomic E-state index is 5.95. The average Bonchev–Trinajstić information content (AvgIpc) is 2.90. The van der Waals surface area contributed by atoms with Gasteiger partial charge in [0.1, 0.15) is 11.9 Å². The van der Waals surface area contributed by atoms with E-state index in [0.717, 1.165) is 25.3 Å². The lowest BCUT2D eigenvalue weighted by molar-refractivity contribution is 0.223. The van der Waals surface area contributed by atoms with Crippen molar-refractivity contribution >= 4 is 21.4 Å². The lowest BCUT2D eigenvalue weighted by atomic mass is 10.2. The Labute approximate surface area is 99.2 Å². The van der Waals surface area contributed by atoms with Gasteiger partial charge in [0.05, 0.1) is 0 Å². The molecule has 0 bridgehead atoms. The van der Waals surface area contributed by atoms with Crippen molar-refractivity contribution in [2.75, 3.05) is 13.1 Å². The highest BCUT2D eigenvalue weighted by Crippen LogP contribution is 2.29. The van der Waals surface area contributed by atoms with Crippen molar-refractivity contribution in [3.8, 4) is 5.75 Å². The molecule has 3 heteroatoms. The van der Waals surface area contributed by atoms with Crippen LogP contribution in [0.1, 0.15) is 12.0 Å². The second-order valence-corrected chi connectivity index (χ2v) is 5.22. The second-order valence-electron chi connectivity index (χ2n) is 4.31. The fourth-order valence-electron chi connectivity index (χ4n) is 2.13. The van der Waals surface area contributed by atoms with Crippen molar-refractivity contribution in [3.05, 3.63) is 29.1 Å². The lowest BCUT2D eigenvalue weighted by Crippen LogP contribution is -2.19. The van der Waals surface area contributed by atoms with Crippen molar-refractivity contribution < 1.29 is 4.74 Å². The van der Waals surface area contributed by atoms with Gasteiger partial charge in [-0.15, -0.1) is 11.3 Å². The minimum atomic E-state index is 0.344. The molecule has 1 saturated heterocycles. The van der Waals surface area contributed by atoms with Crippen LogP contribution in [-0.4, -0.2) is 19.2 Å². The van der Waals surface area contributed by atoms with Crippen molar-refractivity contribution in [3.63, 3.8) is 0 Å². The Morgan fingerprint density at radius 3 is 3.19 bits per heavy atom. The van der Waals surface area contributed by atoms with E-state index in [0.29, 0.717) is 6.10 Å². The number of aryl methyl sites for hydroxylation is 1. The van der Waals surface area contributed by atoms with Gasteiger partial charge >= 0.3 is 0 Å². The van der Waals surface area contributed by atoms with Crippen LogP contribution >= 0.6 is 11.3 Å². The zero-order chi connectivity index (χ0) is 11.0. The molecule has 2 aromatic rings. The molecule has 2 nitrogen and oxygen atoms in total. The van der Waals surface area contributed by atoms with E-state index >= 15 is 0 Å².